The Morgan fingerprint density at radius 3 is 2.66 bits per heavy atom. The molecule has 0 aliphatic heterocycles. The van der Waals surface area contributed by atoms with Crippen molar-refractivity contribution in [1.29, 1.82) is 0 Å². The molecule has 0 aliphatic carbocycles. The third kappa shape index (κ3) is 7.09. The lowest BCUT2D eigenvalue weighted by Crippen LogP contribution is -2.49. The van der Waals surface area contributed by atoms with Crippen molar-refractivity contribution in [3.63, 3.8) is 0 Å². The summed E-state index contributed by atoms with van der Waals surface area (Å²) in [6.07, 6.45) is 6.15. The lowest BCUT2D eigenvalue weighted by atomic mass is 10.0. The molecule has 2 aromatic carbocycles. The first-order valence-electron chi connectivity index (χ1n) is 11.4. The van der Waals surface area contributed by atoms with Crippen LogP contribution in [-0.4, -0.2) is 47.7 Å². The second-order valence-corrected chi connectivity index (χ2v) is 8.28. The number of nitrogens with one attached hydrogen (secondary N) is 3. The fourth-order valence-corrected chi connectivity index (χ4v) is 3.89. The van der Waals surface area contributed by atoms with Gasteiger partial charge < -0.3 is 32.2 Å². The van der Waals surface area contributed by atoms with Crippen molar-refractivity contribution in [3.8, 4) is 5.75 Å². The van der Waals surface area contributed by atoms with Crippen molar-refractivity contribution in [2.45, 2.75) is 44.2 Å². The summed E-state index contributed by atoms with van der Waals surface area (Å²) < 4.78 is 0. The number of fused-ring (bicyclic) bond motifs is 1. The molecule has 3 rings (SSSR count). The molecule has 0 unspecified atom stereocenters. The fraction of sp³-hybridized carbons (Fsp3) is 0.400. The van der Waals surface area contributed by atoms with Crippen LogP contribution in [0.3, 0.4) is 0 Å². The Labute approximate surface area is 189 Å². The van der Waals surface area contributed by atoms with Crippen LogP contribution in [0.1, 0.15) is 30.4 Å². The average molecular weight is 438 g/mol. The van der Waals surface area contributed by atoms with Gasteiger partial charge in [0.15, 0.2) is 0 Å². The molecule has 8 N–H and O–H groups in total. The number of aromatic nitrogens is 1. The minimum absolute atomic E-state index is 0.00267. The number of para-hydroxylation sites is 1. The molecule has 172 valence electrons. The quantitative estimate of drug-likeness (QED) is 0.228. The number of phenols is 1. The maximum atomic E-state index is 12.7. The Morgan fingerprint density at radius 1 is 1.09 bits per heavy atom. The van der Waals surface area contributed by atoms with E-state index in [0.717, 1.165) is 43.3 Å². The third-order valence-electron chi connectivity index (χ3n) is 5.72. The van der Waals surface area contributed by atoms with Crippen molar-refractivity contribution in [1.82, 2.24) is 15.6 Å². The third-order valence-corrected chi connectivity index (χ3v) is 5.72. The number of benzene rings is 2. The van der Waals surface area contributed by atoms with Crippen molar-refractivity contribution in [2.75, 3.05) is 19.6 Å². The van der Waals surface area contributed by atoms with E-state index in [9.17, 15) is 9.90 Å². The summed E-state index contributed by atoms with van der Waals surface area (Å²) in [6, 6.07) is 14.4. The fourth-order valence-electron chi connectivity index (χ4n) is 3.89. The maximum absolute atomic E-state index is 12.7. The topological polar surface area (TPSA) is 129 Å². The van der Waals surface area contributed by atoms with Crippen LogP contribution >= 0.6 is 0 Å². The van der Waals surface area contributed by atoms with Gasteiger partial charge in [0, 0.05) is 29.7 Å². The Kier molecular flexibility index (Phi) is 9.10. The summed E-state index contributed by atoms with van der Waals surface area (Å²) in [7, 11) is 0. The summed E-state index contributed by atoms with van der Waals surface area (Å²) in [5, 5.41) is 17.3. The average Bonchev–Trinajstić information content (AvgIpc) is 3.21. The Balaban J connectivity index is 1.48. The Morgan fingerprint density at radius 2 is 1.88 bits per heavy atom. The van der Waals surface area contributed by atoms with Crippen LogP contribution in [0.15, 0.2) is 54.7 Å². The Hall–Kier alpha value is -2.87. The zero-order valence-electron chi connectivity index (χ0n) is 18.5. The molecular weight excluding hydrogens is 402 g/mol. The number of rotatable bonds is 13. The van der Waals surface area contributed by atoms with Crippen LogP contribution in [0.25, 0.3) is 10.9 Å². The second kappa shape index (κ2) is 12.2. The zero-order valence-corrected chi connectivity index (χ0v) is 18.5. The standard InChI is InChI=1S/C25H35N5O2/c26-13-4-3-5-20(30-25(32)23(27)15-18-8-10-21(31)11-9-18)17-28-14-12-19-16-29-24-7-2-1-6-22(19)24/h1-2,6-11,16,20,23,28-29,31H,3-5,12-15,17,26-27H2,(H,30,32)/t20-,23-/m0/s1. The van der Waals surface area contributed by atoms with E-state index in [1.807, 2.05) is 6.07 Å². The number of H-pyrrole nitrogens is 1. The molecule has 32 heavy (non-hydrogen) atoms. The molecule has 3 aromatic rings. The molecule has 1 heterocycles. The molecule has 1 aromatic heterocycles. The summed E-state index contributed by atoms with van der Waals surface area (Å²) >= 11 is 0. The van der Waals surface area contributed by atoms with Gasteiger partial charge in [0.05, 0.1) is 6.04 Å². The van der Waals surface area contributed by atoms with Gasteiger partial charge in [-0.05, 0) is 68.1 Å². The highest BCUT2D eigenvalue weighted by atomic mass is 16.3. The molecule has 0 fully saturated rings. The molecule has 0 radical (unpaired) electrons. The molecule has 0 spiro atoms. The first-order chi connectivity index (χ1) is 15.6. The molecule has 0 saturated heterocycles. The molecule has 2 atom stereocenters. The van der Waals surface area contributed by atoms with Gasteiger partial charge in [-0.3, -0.25) is 4.79 Å². The number of aromatic amines is 1. The predicted molar refractivity (Wildman–Crippen MR) is 129 cm³/mol. The monoisotopic (exact) mass is 437 g/mol. The number of phenolic OH excluding ortho intramolecular Hbond substituents is 1. The minimum Gasteiger partial charge on any atom is -0.508 e. The molecule has 7 heteroatoms. The van der Waals surface area contributed by atoms with Crippen LogP contribution in [0.2, 0.25) is 0 Å². The van der Waals surface area contributed by atoms with Crippen molar-refractivity contribution in [2.24, 2.45) is 11.5 Å². The summed E-state index contributed by atoms with van der Waals surface area (Å²) in [4.78, 5) is 16.0. The smallest absolute Gasteiger partial charge is 0.237 e. The summed E-state index contributed by atoms with van der Waals surface area (Å²) in [5.41, 5.74) is 15.1. The highest BCUT2D eigenvalue weighted by Crippen LogP contribution is 2.17. The van der Waals surface area contributed by atoms with Crippen molar-refractivity contribution in [3.05, 3.63) is 65.9 Å². The Bertz CT molecular complexity index is 970. The van der Waals surface area contributed by atoms with E-state index >= 15 is 0 Å². The summed E-state index contributed by atoms with van der Waals surface area (Å²) in [5.74, 6) is 0.0414. The number of nitrogens with two attached hydrogens (primary N) is 2. The number of amides is 1. The van der Waals surface area contributed by atoms with E-state index in [-0.39, 0.29) is 17.7 Å². The molecule has 0 bridgehead atoms. The van der Waals surface area contributed by atoms with E-state index in [1.165, 1.54) is 10.9 Å². The van der Waals surface area contributed by atoms with Crippen molar-refractivity contribution < 1.29 is 9.90 Å². The number of aromatic hydroxyl groups is 1. The van der Waals surface area contributed by atoms with Crippen LogP contribution in [0.4, 0.5) is 0 Å². The highest BCUT2D eigenvalue weighted by Gasteiger charge is 2.18. The SMILES string of the molecule is NCCCC[C@@H](CNCCc1c[nH]c2ccccc12)NC(=O)[C@@H](N)Cc1ccc(O)cc1. The van der Waals surface area contributed by atoms with Gasteiger partial charge in [-0.25, -0.2) is 0 Å². The van der Waals surface area contributed by atoms with E-state index in [1.54, 1.807) is 24.3 Å². The first kappa shape index (κ1) is 23.8. The minimum atomic E-state index is -0.636. The van der Waals surface area contributed by atoms with Gasteiger partial charge in [0.2, 0.25) is 5.91 Å². The molecule has 0 saturated carbocycles. The van der Waals surface area contributed by atoms with Gasteiger partial charge in [-0.2, -0.15) is 0 Å². The van der Waals surface area contributed by atoms with E-state index in [4.69, 9.17) is 11.5 Å². The normalized spacial score (nSPS) is 13.2. The van der Waals surface area contributed by atoms with Gasteiger partial charge in [0.1, 0.15) is 5.75 Å². The number of hydrogen-bond acceptors (Lipinski definition) is 5. The van der Waals surface area contributed by atoms with E-state index < -0.39 is 6.04 Å². The predicted octanol–water partition coefficient (Wildman–Crippen LogP) is 2.19. The largest absolute Gasteiger partial charge is 0.508 e. The van der Waals surface area contributed by atoms with Gasteiger partial charge in [-0.1, -0.05) is 36.8 Å². The number of hydrogen-bond donors (Lipinski definition) is 6. The van der Waals surface area contributed by atoms with Crippen LogP contribution in [0.5, 0.6) is 5.75 Å². The van der Waals surface area contributed by atoms with E-state index in [2.05, 4.69) is 40.0 Å². The lowest BCUT2D eigenvalue weighted by molar-refractivity contribution is -0.123. The maximum Gasteiger partial charge on any atom is 0.237 e. The lowest BCUT2D eigenvalue weighted by Gasteiger charge is -2.22. The van der Waals surface area contributed by atoms with Gasteiger partial charge in [0.25, 0.3) is 0 Å². The van der Waals surface area contributed by atoms with Gasteiger partial charge in [-0.15, -0.1) is 0 Å². The molecule has 7 nitrogen and oxygen atoms in total. The van der Waals surface area contributed by atoms with Crippen molar-refractivity contribution >= 4 is 16.8 Å². The first-order valence-corrected chi connectivity index (χ1v) is 11.4. The van der Waals surface area contributed by atoms with Crippen LogP contribution < -0.4 is 22.1 Å². The summed E-state index contributed by atoms with van der Waals surface area (Å²) in [6.45, 7) is 2.16. The zero-order chi connectivity index (χ0) is 22.8. The van der Waals surface area contributed by atoms with Gasteiger partial charge >= 0.3 is 0 Å². The molecule has 1 amide bonds. The molecular formula is C25H35N5O2. The van der Waals surface area contributed by atoms with E-state index in [0.29, 0.717) is 19.5 Å². The second-order valence-electron chi connectivity index (χ2n) is 8.28. The number of unbranched alkanes of at least 4 members (excludes halogenated alkanes) is 1. The van der Waals surface area contributed by atoms with Crippen LogP contribution in [-0.2, 0) is 17.6 Å². The highest BCUT2D eigenvalue weighted by molar-refractivity contribution is 5.83. The molecule has 0 aliphatic rings. The number of carbonyl (C=O) groups excluding carboxylic acids is 1. The number of carbonyl (C=O) groups is 1. The van der Waals surface area contributed by atoms with Crippen LogP contribution in [0, 0.1) is 0 Å².